The number of nitrogens with one attached hydrogen (secondary N) is 1. The van der Waals surface area contributed by atoms with Crippen LogP contribution in [-0.2, 0) is 9.47 Å². The molecule has 0 spiro atoms. The summed E-state index contributed by atoms with van der Waals surface area (Å²) in [7, 11) is 1.99. The number of hydrogen-bond acceptors (Lipinski definition) is 3. The molecule has 0 unspecified atom stereocenters. The lowest BCUT2D eigenvalue weighted by molar-refractivity contribution is -0.233. The van der Waals surface area contributed by atoms with Gasteiger partial charge in [-0.3, -0.25) is 0 Å². The topological polar surface area (TPSA) is 30.5 Å². The Balaban J connectivity index is 2.08. The molecule has 15 heavy (non-hydrogen) atoms. The normalized spacial score (nSPS) is 33.5. The predicted octanol–water partition coefficient (Wildman–Crippen LogP) is 1.76. The largest absolute Gasteiger partial charge is 0.348 e. The molecule has 3 nitrogen and oxygen atoms in total. The number of hydrogen-bond donors (Lipinski definition) is 1. The first-order chi connectivity index (χ1) is 7.40. The summed E-state index contributed by atoms with van der Waals surface area (Å²) in [5, 5.41) is 3.34. The second-order valence-corrected chi connectivity index (χ2v) is 4.06. The zero-order valence-electron chi connectivity index (χ0n) is 8.77. The fourth-order valence-electron chi connectivity index (χ4n) is 2.52. The van der Waals surface area contributed by atoms with Crippen molar-refractivity contribution in [2.24, 2.45) is 0 Å². The Bertz CT molecular complexity index is 366. The minimum atomic E-state index is -0.149. The molecular formula is C12H15NO2. The highest BCUT2D eigenvalue weighted by molar-refractivity contribution is 5.34. The average Bonchev–Trinajstić information content (AvgIpc) is 2.30. The Hall–Kier alpha value is -0.900. The summed E-state index contributed by atoms with van der Waals surface area (Å²) < 4.78 is 11.5. The number of rotatable bonds is 1. The molecule has 2 aliphatic rings. The van der Waals surface area contributed by atoms with Crippen LogP contribution in [0.3, 0.4) is 0 Å². The highest BCUT2D eigenvalue weighted by Crippen LogP contribution is 2.40. The molecule has 1 saturated heterocycles. The summed E-state index contributed by atoms with van der Waals surface area (Å²) in [5.41, 5.74) is 2.49. The zero-order chi connectivity index (χ0) is 10.3. The van der Waals surface area contributed by atoms with Crippen molar-refractivity contribution >= 4 is 0 Å². The van der Waals surface area contributed by atoms with E-state index >= 15 is 0 Å². The van der Waals surface area contributed by atoms with Crippen LogP contribution in [0.4, 0.5) is 0 Å². The van der Waals surface area contributed by atoms with Crippen molar-refractivity contribution in [2.75, 3.05) is 13.7 Å². The summed E-state index contributed by atoms with van der Waals surface area (Å²) in [5.74, 6) is 0. The van der Waals surface area contributed by atoms with Gasteiger partial charge in [0.25, 0.3) is 0 Å². The Morgan fingerprint density at radius 3 is 2.87 bits per heavy atom. The quantitative estimate of drug-likeness (QED) is 0.758. The van der Waals surface area contributed by atoms with E-state index < -0.39 is 0 Å². The van der Waals surface area contributed by atoms with Gasteiger partial charge in [-0.05, 0) is 19.0 Å². The lowest BCUT2D eigenvalue weighted by Crippen LogP contribution is -2.42. The van der Waals surface area contributed by atoms with Crippen LogP contribution in [0.2, 0.25) is 0 Å². The van der Waals surface area contributed by atoms with Crippen LogP contribution in [-0.4, -0.2) is 19.8 Å². The van der Waals surface area contributed by atoms with Gasteiger partial charge in [0, 0.05) is 5.56 Å². The molecule has 80 valence electrons. The second-order valence-electron chi connectivity index (χ2n) is 4.06. The lowest BCUT2D eigenvalue weighted by Gasteiger charge is -2.41. The van der Waals surface area contributed by atoms with E-state index in [1.54, 1.807) is 0 Å². The lowest BCUT2D eigenvalue weighted by atomic mass is 9.90. The number of ether oxygens (including phenoxy) is 2. The van der Waals surface area contributed by atoms with Crippen molar-refractivity contribution in [1.82, 2.24) is 5.32 Å². The van der Waals surface area contributed by atoms with Gasteiger partial charge in [0.2, 0.25) is 0 Å². The van der Waals surface area contributed by atoms with E-state index in [9.17, 15) is 0 Å². The van der Waals surface area contributed by atoms with Gasteiger partial charge in [0.1, 0.15) is 0 Å². The first kappa shape index (κ1) is 9.33. The maximum atomic E-state index is 5.87. The first-order valence-electron chi connectivity index (χ1n) is 5.43. The van der Waals surface area contributed by atoms with Crippen LogP contribution >= 0.6 is 0 Å². The SMILES string of the molecule is CN[C@@H]1c2ccccc2[C@H]2OCC[C@@H]1O2. The summed E-state index contributed by atoms with van der Waals surface area (Å²) in [6.45, 7) is 0.793. The van der Waals surface area contributed by atoms with Gasteiger partial charge in [-0.1, -0.05) is 24.3 Å². The van der Waals surface area contributed by atoms with E-state index in [-0.39, 0.29) is 12.4 Å². The van der Waals surface area contributed by atoms with Crippen molar-refractivity contribution in [1.29, 1.82) is 0 Å². The van der Waals surface area contributed by atoms with E-state index in [1.165, 1.54) is 11.1 Å². The molecule has 3 rings (SSSR count). The van der Waals surface area contributed by atoms with Crippen LogP contribution in [0.25, 0.3) is 0 Å². The number of likely N-dealkylation sites (N-methyl/N-ethyl adjacent to an activating group) is 1. The Morgan fingerprint density at radius 1 is 1.27 bits per heavy atom. The van der Waals surface area contributed by atoms with Gasteiger partial charge in [-0.15, -0.1) is 0 Å². The maximum absolute atomic E-state index is 5.87. The van der Waals surface area contributed by atoms with Gasteiger partial charge < -0.3 is 14.8 Å². The fraction of sp³-hybridized carbons (Fsp3) is 0.500. The summed E-state index contributed by atoms with van der Waals surface area (Å²) >= 11 is 0. The molecule has 0 saturated carbocycles. The molecule has 1 aromatic rings. The van der Waals surface area contributed by atoms with Gasteiger partial charge in [-0.25, -0.2) is 0 Å². The molecule has 3 heteroatoms. The summed E-state index contributed by atoms with van der Waals surface area (Å²) in [4.78, 5) is 0. The van der Waals surface area contributed by atoms with Crippen LogP contribution in [0.15, 0.2) is 24.3 Å². The van der Waals surface area contributed by atoms with Gasteiger partial charge >= 0.3 is 0 Å². The van der Waals surface area contributed by atoms with Crippen molar-refractivity contribution in [2.45, 2.75) is 24.9 Å². The third-order valence-electron chi connectivity index (χ3n) is 3.24. The van der Waals surface area contributed by atoms with E-state index in [1.807, 2.05) is 13.1 Å². The molecule has 2 bridgehead atoms. The number of benzene rings is 1. The molecule has 1 N–H and O–H groups in total. The van der Waals surface area contributed by atoms with Crippen molar-refractivity contribution in [3.8, 4) is 0 Å². The number of fused-ring (bicyclic) bond motifs is 4. The Kier molecular flexibility index (Phi) is 2.24. The van der Waals surface area contributed by atoms with Gasteiger partial charge in [0.15, 0.2) is 6.29 Å². The molecule has 0 aliphatic carbocycles. The zero-order valence-corrected chi connectivity index (χ0v) is 8.77. The molecular weight excluding hydrogens is 190 g/mol. The van der Waals surface area contributed by atoms with Crippen LogP contribution in [0, 0.1) is 0 Å². The van der Waals surface area contributed by atoms with E-state index in [4.69, 9.17) is 9.47 Å². The second kappa shape index (κ2) is 3.59. The minimum absolute atomic E-state index is 0.149. The Morgan fingerprint density at radius 2 is 2.07 bits per heavy atom. The Labute approximate surface area is 89.4 Å². The smallest absolute Gasteiger partial charge is 0.184 e. The molecule has 3 atom stereocenters. The third-order valence-corrected chi connectivity index (χ3v) is 3.24. The molecule has 1 fully saturated rings. The molecule has 0 amide bonds. The average molecular weight is 205 g/mol. The summed E-state index contributed by atoms with van der Waals surface area (Å²) in [6.07, 6.45) is 1.07. The van der Waals surface area contributed by atoms with E-state index in [0.717, 1.165) is 13.0 Å². The maximum Gasteiger partial charge on any atom is 0.184 e. The van der Waals surface area contributed by atoms with Crippen molar-refractivity contribution in [3.05, 3.63) is 35.4 Å². The molecule has 1 aromatic carbocycles. The fourth-order valence-corrected chi connectivity index (χ4v) is 2.52. The van der Waals surface area contributed by atoms with Crippen molar-refractivity contribution < 1.29 is 9.47 Å². The third kappa shape index (κ3) is 1.39. The van der Waals surface area contributed by atoms with Crippen LogP contribution in [0.1, 0.15) is 29.9 Å². The van der Waals surface area contributed by atoms with Gasteiger partial charge in [0.05, 0.1) is 18.8 Å². The highest BCUT2D eigenvalue weighted by Gasteiger charge is 2.37. The molecule has 2 aliphatic heterocycles. The molecule has 2 heterocycles. The van der Waals surface area contributed by atoms with E-state index in [0.29, 0.717) is 6.04 Å². The first-order valence-corrected chi connectivity index (χ1v) is 5.43. The summed E-state index contributed by atoms with van der Waals surface area (Å²) in [6, 6.07) is 8.66. The van der Waals surface area contributed by atoms with Crippen LogP contribution < -0.4 is 5.32 Å². The predicted molar refractivity (Wildman–Crippen MR) is 56.4 cm³/mol. The standard InChI is InChI=1S/C12H15NO2/c1-13-11-8-4-2-3-5-9(8)12-14-7-6-10(11)15-12/h2-5,10-13H,6-7H2,1H3/t10-,11+,12-/m0/s1. The molecule has 0 radical (unpaired) electrons. The monoisotopic (exact) mass is 205 g/mol. The van der Waals surface area contributed by atoms with Gasteiger partial charge in [-0.2, -0.15) is 0 Å². The van der Waals surface area contributed by atoms with Crippen LogP contribution in [0.5, 0.6) is 0 Å². The molecule has 0 aromatic heterocycles. The van der Waals surface area contributed by atoms with Crippen molar-refractivity contribution in [3.63, 3.8) is 0 Å². The highest BCUT2D eigenvalue weighted by atomic mass is 16.7. The van der Waals surface area contributed by atoms with E-state index in [2.05, 4.69) is 23.5 Å². The minimum Gasteiger partial charge on any atom is -0.348 e.